The lowest BCUT2D eigenvalue weighted by Gasteiger charge is -2.35. The van der Waals surface area contributed by atoms with Crippen LogP contribution in [0.4, 0.5) is 0 Å². The predicted octanol–water partition coefficient (Wildman–Crippen LogP) is 2.46. The van der Waals surface area contributed by atoms with Crippen molar-refractivity contribution in [1.29, 1.82) is 0 Å². The van der Waals surface area contributed by atoms with Crippen molar-refractivity contribution in [2.24, 2.45) is 5.92 Å². The van der Waals surface area contributed by atoms with Crippen molar-refractivity contribution in [3.05, 3.63) is 46.0 Å². The number of ether oxygens (including phenoxy) is 3. The molecule has 1 aromatic rings. The lowest BCUT2D eigenvalue weighted by Crippen LogP contribution is -2.56. The Kier molecular flexibility index (Phi) is 12.6. The molecule has 1 heterocycles. The van der Waals surface area contributed by atoms with Crippen LogP contribution in [0.1, 0.15) is 57.9 Å². The zero-order valence-electron chi connectivity index (χ0n) is 23.3. The average molecular weight is 564 g/mol. The molecule has 1 aliphatic carbocycles. The van der Waals surface area contributed by atoms with E-state index in [0.717, 1.165) is 31.2 Å². The van der Waals surface area contributed by atoms with Crippen molar-refractivity contribution in [2.75, 3.05) is 33.0 Å². The van der Waals surface area contributed by atoms with Gasteiger partial charge in [-0.25, -0.2) is 4.79 Å². The summed E-state index contributed by atoms with van der Waals surface area (Å²) in [5.74, 6) is -0.920. The molecule has 1 N–H and O–H groups in total. The van der Waals surface area contributed by atoms with E-state index < -0.39 is 35.2 Å². The van der Waals surface area contributed by atoms with E-state index in [4.69, 9.17) is 14.2 Å². The third kappa shape index (κ3) is 9.16. The number of hydrogen-bond donors (Lipinski definition) is 1. The Balaban J connectivity index is 1.61. The Labute approximate surface area is 234 Å². The summed E-state index contributed by atoms with van der Waals surface area (Å²) < 4.78 is 15.9. The molecule has 0 bridgehead atoms. The smallest absolute Gasteiger partial charge is 0.328 e. The minimum Gasteiger partial charge on any atom is -0.465 e. The van der Waals surface area contributed by atoms with Gasteiger partial charge in [0.25, 0.3) is 5.09 Å². The Hall–Kier alpha value is -3.25. The lowest BCUT2D eigenvalue weighted by molar-refractivity contribution is -0.758. The second-order valence-corrected chi connectivity index (χ2v) is 10.2. The Morgan fingerprint density at radius 1 is 1.07 bits per heavy atom. The first-order valence-corrected chi connectivity index (χ1v) is 14.1. The molecule has 1 saturated carbocycles. The van der Waals surface area contributed by atoms with Crippen molar-refractivity contribution in [2.45, 2.75) is 83.0 Å². The molecule has 5 unspecified atom stereocenters. The molecule has 0 spiro atoms. The van der Waals surface area contributed by atoms with Crippen LogP contribution in [-0.4, -0.2) is 85.0 Å². The van der Waals surface area contributed by atoms with Gasteiger partial charge < -0.3 is 23.9 Å². The fraction of sp³-hybridized carbons (Fsp3) is 0.679. The quantitative estimate of drug-likeness (QED) is 0.138. The topological polar surface area (TPSA) is 147 Å². The van der Waals surface area contributed by atoms with E-state index in [0.29, 0.717) is 19.3 Å². The first-order chi connectivity index (χ1) is 19.3. The van der Waals surface area contributed by atoms with Crippen molar-refractivity contribution in [3.63, 3.8) is 0 Å². The van der Waals surface area contributed by atoms with Crippen LogP contribution in [0, 0.1) is 16.0 Å². The molecule has 1 aliphatic heterocycles. The summed E-state index contributed by atoms with van der Waals surface area (Å²) in [5, 5.41) is 12.5. The monoisotopic (exact) mass is 563 g/mol. The van der Waals surface area contributed by atoms with Gasteiger partial charge in [0.15, 0.2) is 0 Å². The molecular weight excluding hydrogens is 522 g/mol. The van der Waals surface area contributed by atoms with E-state index in [1.165, 1.54) is 0 Å². The molecule has 0 aromatic heterocycles. The first kappa shape index (κ1) is 31.3. The largest absolute Gasteiger partial charge is 0.465 e. The number of esters is 2. The maximum atomic E-state index is 13.8. The zero-order chi connectivity index (χ0) is 28.9. The highest BCUT2D eigenvalue weighted by Crippen LogP contribution is 2.40. The van der Waals surface area contributed by atoms with Gasteiger partial charge in [0.2, 0.25) is 5.91 Å². The van der Waals surface area contributed by atoms with Crippen LogP contribution >= 0.6 is 0 Å². The summed E-state index contributed by atoms with van der Waals surface area (Å²) in [6.45, 7) is 3.50. The lowest BCUT2D eigenvalue weighted by atomic mass is 9.84. The molecule has 3 rings (SSSR count). The van der Waals surface area contributed by atoms with Gasteiger partial charge in [-0.2, -0.15) is 0 Å². The Morgan fingerprint density at radius 2 is 1.80 bits per heavy atom. The Morgan fingerprint density at radius 3 is 2.52 bits per heavy atom. The summed E-state index contributed by atoms with van der Waals surface area (Å²) in [6.07, 6.45) is 5.45. The molecule has 12 heteroatoms. The highest BCUT2D eigenvalue weighted by molar-refractivity contribution is 5.89. The van der Waals surface area contributed by atoms with Crippen LogP contribution in [0.25, 0.3) is 0 Å². The van der Waals surface area contributed by atoms with Gasteiger partial charge in [0, 0.05) is 6.04 Å². The molecule has 0 radical (unpaired) electrons. The third-order valence-corrected chi connectivity index (χ3v) is 7.47. The number of carbonyl (C=O) groups is 3. The summed E-state index contributed by atoms with van der Waals surface area (Å²) >= 11 is 0. The number of benzene rings is 1. The minimum absolute atomic E-state index is 0.00813. The van der Waals surface area contributed by atoms with Crippen LogP contribution in [0.15, 0.2) is 30.3 Å². The summed E-state index contributed by atoms with van der Waals surface area (Å²) in [7, 11) is 0. The minimum atomic E-state index is -0.900. The van der Waals surface area contributed by atoms with Crippen molar-refractivity contribution in [1.82, 2.24) is 10.2 Å². The molecular formula is C28H41N3O9. The first-order valence-electron chi connectivity index (χ1n) is 14.1. The van der Waals surface area contributed by atoms with Crippen molar-refractivity contribution < 1.29 is 38.5 Å². The van der Waals surface area contributed by atoms with Gasteiger partial charge in [-0.3, -0.25) is 14.9 Å². The van der Waals surface area contributed by atoms with Gasteiger partial charge in [0.05, 0.1) is 25.9 Å². The second-order valence-electron chi connectivity index (χ2n) is 10.2. The summed E-state index contributed by atoms with van der Waals surface area (Å²) in [5.41, 5.74) is 1.08. The molecule has 40 heavy (non-hydrogen) atoms. The number of nitrogens with one attached hydrogen (secondary N) is 1. The maximum Gasteiger partial charge on any atom is 0.328 e. The molecule has 2 fully saturated rings. The molecule has 2 aliphatic rings. The number of amides is 1. The van der Waals surface area contributed by atoms with Crippen LogP contribution in [0.3, 0.4) is 0 Å². The Bertz CT molecular complexity index is 977. The number of likely N-dealkylation sites (tertiary alicyclic amines) is 1. The number of aryl methyl sites for hydroxylation is 1. The van der Waals surface area contributed by atoms with Gasteiger partial charge in [-0.1, -0.05) is 43.2 Å². The second kappa shape index (κ2) is 16.1. The van der Waals surface area contributed by atoms with E-state index in [1.54, 1.807) is 18.7 Å². The number of hydrogen-bond acceptors (Lipinski definition) is 10. The van der Waals surface area contributed by atoms with Gasteiger partial charge in [-0.15, -0.1) is 10.1 Å². The highest BCUT2D eigenvalue weighted by Gasteiger charge is 2.49. The van der Waals surface area contributed by atoms with E-state index in [2.05, 4.69) is 10.2 Å². The molecule has 5 atom stereocenters. The van der Waals surface area contributed by atoms with Crippen LogP contribution < -0.4 is 5.32 Å². The van der Waals surface area contributed by atoms with Gasteiger partial charge in [-0.05, 0) is 57.4 Å². The van der Waals surface area contributed by atoms with Gasteiger partial charge >= 0.3 is 11.9 Å². The number of fused-ring (bicyclic) bond motifs is 1. The standard InChI is InChI=1S/C28H41N3O9/c1-3-38-27(33)23(14-13-21-9-5-4-6-10-21)29-20(2)26(32)30-24-12-8-7-11-22(24)19-25(30)28(34)39-17-15-37-16-18-40-31(35)36/h4-6,9-10,20,22-25,29H,3,7-8,11-19H2,1-2H3. The highest BCUT2D eigenvalue weighted by atomic mass is 17.0. The van der Waals surface area contributed by atoms with E-state index in [-0.39, 0.29) is 50.9 Å². The van der Waals surface area contributed by atoms with Crippen molar-refractivity contribution >= 4 is 17.8 Å². The van der Waals surface area contributed by atoms with Crippen LogP contribution in [0.5, 0.6) is 0 Å². The van der Waals surface area contributed by atoms with E-state index in [1.807, 2.05) is 30.3 Å². The van der Waals surface area contributed by atoms with E-state index in [9.17, 15) is 24.5 Å². The SMILES string of the molecule is CCOC(=O)C(CCc1ccccc1)NC(C)C(=O)N1C(C(=O)OCCOCCO[N+](=O)[O-])CC2CCCCC21. The van der Waals surface area contributed by atoms with Crippen LogP contribution in [0.2, 0.25) is 0 Å². The number of rotatable bonds is 16. The molecule has 222 valence electrons. The fourth-order valence-corrected chi connectivity index (χ4v) is 5.62. The van der Waals surface area contributed by atoms with Crippen molar-refractivity contribution in [3.8, 4) is 0 Å². The zero-order valence-corrected chi connectivity index (χ0v) is 23.3. The molecule has 1 aromatic carbocycles. The summed E-state index contributed by atoms with van der Waals surface area (Å²) in [6, 6.07) is 7.64. The summed E-state index contributed by atoms with van der Waals surface area (Å²) in [4.78, 5) is 55.7. The number of nitrogens with zero attached hydrogens (tertiary/aromatic N) is 2. The fourth-order valence-electron chi connectivity index (χ4n) is 5.62. The third-order valence-electron chi connectivity index (χ3n) is 7.47. The molecule has 12 nitrogen and oxygen atoms in total. The maximum absolute atomic E-state index is 13.8. The molecule has 1 amide bonds. The number of carbonyl (C=O) groups excluding carboxylic acids is 3. The molecule has 1 saturated heterocycles. The van der Waals surface area contributed by atoms with Crippen LogP contribution in [-0.2, 0) is 39.9 Å². The normalized spacial score (nSPS) is 21.6. The van der Waals surface area contributed by atoms with E-state index >= 15 is 0 Å². The average Bonchev–Trinajstić information content (AvgIpc) is 3.34. The van der Waals surface area contributed by atoms with Gasteiger partial charge in [0.1, 0.15) is 25.3 Å². The predicted molar refractivity (Wildman–Crippen MR) is 144 cm³/mol.